The molecule has 0 atom stereocenters. The quantitative estimate of drug-likeness (QED) is 0.304. The third-order valence-corrected chi connectivity index (χ3v) is 3.93. The molecule has 0 aliphatic heterocycles. The first-order valence-corrected chi connectivity index (χ1v) is 8.25. The number of aliphatic imine (C=N–C) groups is 1. The Hall–Kier alpha value is -2.03. The zero-order chi connectivity index (χ0) is 16.8. The normalized spacial score (nSPS) is 11.4. The van der Waals surface area contributed by atoms with Crippen molar-refractivity contribution in [2.75, 3.05) is 13.1 Å². The first-order chi connectivity index (χ1) is 11.8. The van der Waals surface area contributed by atoms with Gasteiger partial charge in [-0.2, -0.15) is 0 Å². The van der Waals surface area contributed by atoms with Gasteiger partial charge >= 0.3 is 0 Å². The van der Waals surface area contributed by atoms with Crippen molar-refractivity contribution in [2.24, 2.45) is 4.99 Å². The first-order valence-electron chi connectivity index (χ1n) is 8.25. The van der Waals surface area contributed by atoms with E-state index in [1.54, 1.807) is 6.26 Å². The number of hydrogen-bond acceptors (Lipinski definition) is 3. The second kappa shape index (κ2) is 9.45. The Balaban J connectivity index is 0.00000225. The lowest BCUT2D eigenvalue weighted by atomic mass is 10.1. The van der Waals surface area contributed by atoms with E-state index in [1.807, 2.05) is 6.07 Å². The van der Waals surface area contributed by atoms with Gasteiger partial charge in [-0.15, -0.1) is 24.0 Å². The molecule has 3 aromatic rings. The lowest BCUT2D eigenvalue weighted by Crippen LogP contribution is -2.38. The van der Waals surface area contributed by atoms with Crippen molar-refractivity contribution in [3.05, 3.63) is 53.5 Å². The fourth-order valence-electron chi connectivity index (χ4n) is 2.71. The van der Waals surface area contributed by atoms with Crippen LogP contribution in [0, 0.1) is 6.92 Å². The minimum absolute atomic E-state index is 0. The smallest absolute Gasteiger partial charge is 0.191 e. The van der Waals surface area contributed by atoms with E-state index in [2.05, 4.69) is 64.0 Å². The number of H-pyrrole nitrogens is 1. The van der Waals surface area contributed by atoms with Crippen molar-refractivity contribution >= 4 is 40.8 Å². The van der Waals surface area contributed by atoms with Crippen molar-refractivity contribution in [3.8, 4) is 0 Å². The van der Waals surface area contributed by atoms with Crippen LogP contribution in [0.2, 0.25) is 0 Å². The number of aromatic amines is 1. The van der Waals surface area contributed by atoms with E-state index >= 15 is 0 Å². The van der Waals surface area contributed by atoms with Crippen molar-refractivity contribution in [3.63, 3.8) is 0 Å². The molecule has 7 heteroatoms. The van der Waals surface area contributed by atoms with Gasteiger partial charge in [0.1, 0.15) is 12.0 Å². The summed E-state index contributed by atoms with van der Waals surface area (Å²) in [5, 5.41) is 11.8. The van der Waals surface area contributed by atoms with Crippen LogP contribution in [0.15, 0.2) is 46.2 Å². The molecule has 0 saturated heterocycles. The van der Waals surface area contributed by atoms with Crippen molar-refractivity contribution in [1.82, 2.24) is 20.8 Å². The molecular weight excluding hydrogens is 429 g/mol. The zero-order valence-electron chi connectivity index (χ0n) is 14.5. The van der Waals surface area contributed by atoms with E-state index < -0.39 is 0 Å². The van der Waals surface area contributed by atoms with E-state index in [9.17, 15) is 0 Å². The summed E-state index contributed by atoms with van der Waals surface area (Å²) in [6, 6.07) is 8.21. The maximum absolute atomic E-state index is 4.82. The number of nitrogens with zero attached hydrogens (tertiary/aromatic N) is 2. The number of nitrogens with one attached hydrogen (secondary N) is 3. The Kier molecular flexibility index (Phi) is 7.30. The number of para-hydroxylation sites is 1. The summed E-state index contributed by atoms with van der Waals surface area (Å²) in [5.74, 6) is 0.788. The summed E-state index contributed by atoms with van der Waals surface area (Å²) in [4.78, 5) is 7.89. The van der Waals surface area contributed by atoms with E-state index in [1.165, 1.54) is 22.0 Å². The Morgan fingerprint density at radius 3 is 2.92 bits per heavy atom. The van der Waals surface area contributed by atoms with Crippen molar-refractivity contribution < 1.29 is 4.52 Å². The highest BCUT2D eigenvalue weighted by atomic mass is 127. The molecule has 0 unspecified atom stereocenters. The minimum Gasteiger partial charge on any atom is -0.364 e. The molecule has 134 valence electrons. The van der Waals surface area contributed by atoms with Gasteiger partial charge in [0.25, 0.3) is 0 Å². The van der Waals surface area contributed by atoms with Crippen LogP contribution in [0.1, 0.15) is 23.7 Å². The van der Waals surface area contributed by atoms with E-state index in [-0.39, 0.29) is 24.0 Å². The molecular formula is C18H24IN5O. The average molecular weight is 453 g/mol. The van der Waals surface area contributed by atoms with Crippen LogP contribution >= 0.6 is 24.0 Å². The zero-order valence-corrected chi connectivity index (χ0v) is 16.8. The SMILES string of the molecule is CCNC(=NCc1ccon1)NCCc1c[nH]c2c(C)cccc12.I. The highest BCUT2D eigenvalue weighted by Gasteiger charge is 2.05. The number of benzene rings is 1. The highest BCUT2D eigenvalue weighted by molar-refractivity contribution is 14.0. The largest absolute Gasteiger partial charge is 0.364 e. The van der Waals surface area contributed by atoms with Crippen LogP contribution < -0.4 is 10.6 Å². The number of halogens is 1. The van der Waals surface area contributed by atoms with Gasteiger partial charge in [-0.25, -0.2) is 4.99 Å². The predicted octanol–water partition coefficient (Wildman–Crippen LogP) is 3.38. The number of rotatable bonds is 6. The maximum atomic E-state index is 4.82. The lowest BCUT2D eigenvalue weighted by molar-refractivity contribution is 0.412. The van der Waals surface area contributed by atoms with Crippen molar-refractivity contribution in [2.45, 2.75) is 26.8 Å². The molecule has 1 aromatic carbocycles. The van der Waals surface area contributed by atoms with E-state index in [0.717, 1.165) is 31.2 Å². The summed E-state index contributed by atoms with van der Waals surface area (Å²) in [7, 11) is 0. The summed E-state index contributed by atoms with van der Waals surface area (Å²) >= 11 is 0. The summed E-state index contributed by atoms with van der Waals surface area (Å²) in [6.45, 7) is 6.30. The molecule has 0 fully saturated rings. The Bertz CT molecular complexity index is 810. The molecule has 0 bridgehead atoms. The van der Waals surface area contributed by atoms with Gasteiger partial charge in [-0.05, 0) is 31.4 Å². The molecule has 0 spiro atoms. The lowest BCUT2D eigenvalue weighted by Gasteiger charge is -2.10. The monoisotopic (exact) mass is 453 g/mol. The standard InChI is InChI=1S/C18H23N5O.HI/c1-3-19-18(22-12-15-8-10-24-23-15)20-9-7-14-11-21-17-13(2)5-4-6-16(14)17;/h4-6,8,10-11,21H,3,7,9,12H2,1-2H3,(H2,19,20,22);1H. The molecule has 0 radical (unpaired) electrons. The summed E-state index contributed by atoms with van der Waals surface area (Å²) in [6.07, 6.45) is 4.58. The number of aromatic nitrogens is 2. The minimum atomic E-state index is 0. The van der Waals surface area contributed by atoms with Gasteiger partial charge in [-0.3, -0.25) is 0 Å². The van der Waals surface area contributed by atoms with Gasteiger partial charge in [0.05, 0.1) is 6.54 Å². The van der Waals surface area contributed by atoms with Gasteiger partial charge < -0.3 is 20.1 Å². The fraction of sp³-hybridized carbons (Fsp3) is 0.333. The summed E-state index contributed by atoms with van der Waals surface area (Å²) < 4.78 is 4.82. The molecule has 2 heterocycles. The van der Waals surface area contributed by atoms with Crippen LogP contribution in [0.25, 0.3) is 10.9 Å². The third kappa shape index (κ3) is 4.97. The molecule has 0 amide bonds. The van der Waals surface area contributed by atoms with Crippen LogP contribution in [0.5, 0.6) is 0 Å². The average Bonchev–Trinajstić information content (AvgIpc) is 3.23. The second-order valence-corrected chi connectivity index (χ2v) is 5.67. The molecule has 25 heavy (non-hydrogen) atoms. The van der Waals surface area contributed by atoms with Crippen LogP contribution in [0.4, 0.5) is 0 Å². The Morgan fingerprint density at radius 1 is 1.28 bits per heavy atom. The summed E-state index contributed by atoms with van der Waals surface area (Å²) in [5.41, 5.74) is 4.63. The maximum Gasteiger partial charge on any atom is 0.191 e. The fourth-order valence-corrected chi connectivity index (χ4v) is 2.71. The van der Waals surface area contributed by atoms with E-state index in [4.69, 9.17) is 4.52 Å². The Morgan fingerprint density at radius 2 is 2.16 bits per heavy atom. The molecule has 3 rings (SSSR count). The van der Waals surface area contributed by atoms with Crippen molar-refractivity contribution in [1.29, 1.82) is 0 Å². The Labute approximate surface area is 164 Å². The molecule has 0 saturated carbocycles. The van der Waals surface area contributed by atoms with Gasteiger partial charge in [0.2, 0.25) is 0 Å². The van der Waals surface area contributed by atoms with Crippen LogP contribution in [0.3, 0.4) is 0 Å². The predicted molar refractivity (Wildman–Crippen MR) is 111 cm³/mol. The third-order valence-electron chi connectivity index (χ3n) is 3.93. The first kappa shape index (κ1) is 19.3. The van der Waals surface area contributed by atoms with Gasteiger partial charge in [-0.1, -0.05) is 23.4 Å². The number of guanidine groups is 1. The number of fused-ring (bicyclic) bond motifs is 1. The van der Waals surface area contributed by atoms with Gasteiger partial charge in [0, 0.05) is 36.3 Å². The molecule has 0 aliphatic rings. The number of aryl methyl sites for hydroxylation is 1. The van der Waals surface area contributed by atoms with Crippen LogP contribution in [-0.4, -0.2) is 29.2 Å². The topological polar surface area (TPSA) is 78.2 Å². The molecule has 6 nitrogen and oxygen atoms in total. The number of hydrogen-bond donors (Lipinski definition) is 3. The van der Waals surface area contributed by atoms with Crippen LogP contribution in [-0.2, 0) is 13.0 Å². The second-order valence-electron chi connectivity index (χ2n) is 5.67. The molecule has 2 aromatic heterocycles. The van der Waals surface area contributed by atoms with Gasteiger partial charge in [0.15, 0.2) is 5.96 Å². The highest BCUT2D eigenvalue weighted by Crippen LogP contribution is 2.21. The molecule has 0 aliphatic carbocycles. The van der Waals surface area contributed by atoms with E-state index in [0.29, 0.717) is 6.54 Å². The molecule has 3 N–H and O–H groups in total.